The minimum Gasteiger partial charge on any atom is -0.478 e. The number of aryl methyl sites for hydroxylation is 2. The largest absolute Gasteiger partial charge is 0.478 e. The van der Waals surface area contributed by atoms with Crippen molar-refractivity contribution < 1.29 is 18.7 Å². The maximum absolute atomic E-state index is 14.3. The van der Waals surface area contributed by atoms with E-state index in [2.05, 4.69) is 29.8 Å². The predicted molar refractivity (Wildman–Crippen MR) is 109 cm³/mol. The number of carboxylic acid groups (broad SMARTS) is 1. The van der Waals surface area contributed by atoms with E-state index in [1.165, 1.54) is 12.1 Å². The molecule has 0 saturated carbocycles. The summed E-state index contributed by atoms with van der Waals surface area (Å²) in [6.07, 6.45) is 1.48. The second-order valence-corrected chi connectivity index (χ2v) is 7.98. The molecule has 1 unspecified atom stereocenters. The van der Waals surface area contributed by atoms with E-state index in [1.807, 2.05) is 12.3 Å². The molecule has 0 bridgehead atoms. The monoisotopic (exact) mass is 398 g/mol. The molecule has 1 atom stereocenters. The van der Waals surface area contributed by atoms with Crippen LogP contribution in [0.1, 0.15) is 51.5 Å². The first-order valence-corrected chi connectivity index (χ1v) is 9.76. The minimum atomic E-state index is -2.72. The molecular formula is C23H24F2N2O2. The lowest BCUT2D eigenvalue weighted by Crippen LogP contribution is -2.41. The van der Waals surface area contributed by atoms with Crippen molar-refractivity contribution in [2.45, 2.75) is 45.2 Å². The zero-order chi connectivity index (χ0) is 20.8. The average Bonchev–Trinajstić information content (AvgIpc) is 3.16. The van der Waals surface area contributed by atoms with Crippen LogP contribution in [0.25, 0.3) is 10.9 Å². The molecule has 2 aromatic carbocycles. The number of carboxylic acids is 1. The fourth-order valence-electron chi connectivity index (χ4n) is 4.40. The van der Waals surface area contributed by atoms with Crippen molar-refractivity contribution in [1.29, 1.82) is 0 Å². The number of piperidine rings is 1. The van der Waals surface area contributed by atoms with Crippen LogP contribution >= 0.6 is 0 Å². The van der Waals surface area contributed by atoms with Gasteiger partial charge in [-0.05, 0) is 54.3 Å². The van der Waals surface area contributed by atoms with Gasteiger partial charge in [0.05, 0.1) is 5.56 Å². The Labute approximate surface area is 168 Å². The van der Waals surface area contributed by atoms with Gasteiger partial charge in [0.25, 0.3) is 5.92 Å². The Hall–Kier alpha value is -2.73. The Bertz CT molecular complexity index is 1060. The van der Waals surface area contributed by atoms with Crippen LogP contribution in [0, 0.1) is 13.8 Å². The number of aromatic carboxylic acids is 1. The lowest BCUT2D eigenvalue weighted by Gasteiger charge is -2.40. The lowest BCUT2D eigenvalue weighted by atomic mass is 9.90. The van der Waals surface area contributed by atoms with Crippen LogP contribution in [0.4, 0.5) is 8.78 Å². The Balaban J connectivity index is 1.70. The van der Waals surface area contributed by atoms with Gasteiger partial charge in [-0.2, -0.15) is 0 Å². The summed E-state index contributed by atoms with van der Waals surface area (Å²) in [4.78, 5) is 16.5. The topological polar surface area (TPSA) is 56.3 Å². The molecule has 0 amide bonds. The number of hydrogen-bond donors (Lipinski definition) is 2. The fourth-order valence-corrected chi connectivity index (χ4v) is 4.40. The number of nitrogens with one attached hydrogen (secondary N) is 1. The highest BCUT2D eigenvalue weighted by atomic mass is 19.3. The second kappa shape index (κ2) is 7.26. The third-order valence-corrected chi connectivity index (χ3v) is 5.98. The number of hydrogen-bond acceptors (Lipinski definition) is 2. The SMILES string of the molecule is Cc1cc(C)c2[nH]ccc2c1CN1CCC(F)(F)CC1c1ccc(C(=O)O)cc1. The van der Waals surface area contributed by atoms with E-state index in [1.54, 1.807) is 12.1 Å². The van der Waals surface area contributed by atoms with Gasteiger partial charge in [0.15, 0.2) is 0 Å². The Kier molecular flexibility index (Phi) is 4.90. The zero-order valence-electron chi connectivity index (χ0n) is 16.5. The minimum absolute atomic E-state index is 0.159. The van der Waals surface area contributed by atoms with Crippen molar-refractivity contribution in [3.63, 3.8) is 0 Å². The first-order valence-electron chi connectivity index (χ1n) is 9.76. The standard InChI is InChI=1S/C23H24F2N2O2/c1-14-11-15(2)21-18(7-9-26-21)19(14)13-27-10-8-23(24,25)12-20(27)16-3-5-17(6-4-16)22(28)29/h3-7,9,11,20,26H,8,10,12-13H2,1-2H3,(H,28,29). The molecule has 2 heterocycles. The first-order chi connectivity index (χ1) is 13.7. The van der Waals surface area contributed by atoms with Crippen LogP contribution in [0.3, 0.4) is 0 Å². The predicted octanol–water partition coefficient (Wildman–Crippen LogP) is 5.46. The number of rotatable bonds is 4. The number of halogens is 2. The highest BCUT2D eigenvalue weighted by molar-refractivity contribution is 5.88. The van der Waals surface area contributed by atoms with Gasteiger partial charge in [-0.25, -0.2) is 13.6 Å². The van der Waals surface area contributed by atoms with Gasteiger partial charge in [-0.3, -0.25) is 4.90 Å². The maximum atomic E-state index is 14.3. The van der Waals surface area contributed by atoms with Crippen molar-refractivity contribution in [1.82, 2.24) is 9.88 Å². The summed E-state index contributed by atoms with van der Waals surface area (Å²) in [5.74, 6) is -3.74. The van der Waals surface area contributed by atoms with E-state index in [0.29, 0.717) is 6.54 Å². The van der Waals surface area contributed by atoms with Gasteiger partial charge in [0, 0.05) is 49.1 Å². The van der Waals surface area contributed by atoms with Gasteiger partial charge in [0.2, 0.25) is 0 Å². The number of H-pyrrole nitrogens is 1. The Morgan fingerprint density at radius 1 is 1.21 bits per heavy atom. The highest BCUT2D eigenvalue weighted by Gasteiger charge is 2.41. The van der Waals surface area contributed by atoms with Crippen molar-refractivity contribution in [3.05, 3.63) is 70.4 Å². The van der Waals surface area contributed by atoms with E-state index < -0.39 is 17.9 Å². The maximum Gasteiger partial charge on any atom is 0.335 e. The van der Waals surface area contributed by atoms with Gasteiger partial charge in [-0.15, -0.1) is 0 Å². The zero-order valence-corrected chi connectivity index (χ0v) is 16.5. The summed E-state index contributed by atoms with van der Waals surface area (Å²) in [6.45, 7) is 4.98. The smallest absolute Gasteiger partial charge is 0.335 e. The van der Waals surface area contributed by atoms with Crippen LogP contribution < -0.4 is 0 Å². The van der Waals surface area contributed by atoms with Crippen molar-refractivity contribution >= 4 is 16.9 Å². The molecule has 6 heteroatoms. The summed E-state index contributed by atoms with van der Waals surface area (Å²) in [6, 6.07) is 10.0. The average molecular weight is 398 g/mol. The number of likely N-dealkylation sites (tertiary alicyclic amines) is 1. The third-order valence-electron chi connectivity index (χ3n) is 5.98. The van der Waals surface area contributed by atoms with E-state index in [0.717, 1.165) is 33.2 Å². The molecule has 1 aliphatic heterocycles. The van der Waals surface area contributed by atoms with Gasteiger partial charge < -0.3 is 10.1 Å². The summed E-state index contributed by atoms with van der Waals surface area (Å²) in [7, 11) is 0. The second-order valence-electron chi connectivity index (χ2n) is 7.98. The van der Waals surface area contributed by atoms with E-state index in [4.69, 9.17) is 5.11 Å². The van der Waals surface area contributed by atoms with Gasteiger partial charge in [-0.1, -0.05) is 18.2 Å². The van der Waals surface area contributed by atoms with Gasteiger partial charge >= 0.3 is 5.97 Å². The summed E-state index contributed by atoms with van der Waals surface area (Å²) in [5.41, 5.74) is 5.42. The van der Waals surface area contributed by atoms with Crippen LogP contribution in [0.5, 0.6) is 0 Å². The molecule has 1 saturated heterocycles. The molecule has 1 aliphatic rings. The Morgan fingerprint density at radius 3 is 2.62 bits per heavy atom. The van der Waals surface area contributed by atoms with Crippen LogP contribution in [-0.2, 0) is 6.54 Å². The summed E-state index contributed by atoms with van der Waals surface area (Å²) >= 11 is 0. The molecule has 4 rings (SSSR count). The van der Waals surface area contributed by atoms with E-state index in [9.17, 15) is 13.6 Å². The molecule has 2 N–H and O–H groups in total. The van der Waals surface area contributed by atoms with Crippen LogP contribution in [0.2, 0.25) is 0 Å². The quantitative estimate of drug-likeness (QED) is 0.614. The Morgan fingerprint density at radius 2 is 1.93 bits per heavy atom. The normalized spacial score (nSPS) is 19.5. The number of aromatic amines is 1. The number of benzene rings is 2. The number of nitrogens with zero attached hydrogens (tertiary/aromatic N) is 1. The molecule has 4 nitrogen and oxygen atoms in total. The van der Waals surface area contributed by atoms with Crippen molar-refractivity contribution in [2.75, 3.05) is 6.54 Å². The lowest BCUT2D eigenvalue weighted by molar-refractivity contribution is -0.0814. The molecule has 1 aromatic heterocycles. The van der Waals surface area contributed by atoms with E-state index >= 15 is 0 Å². The molecule has 0 radical (unpaired) electrons. The van der Waals surface area contributed by atoms with E-state index in [-0.39, 0.29) is 24.9 Å². The first kappa shape index (κ1) is 19.6. The van der Waals surface area contributed by atoms with Crippen molar-refractivity contribution in [2.24, 2.45) is 0 Å². The molecule has 3 aromatic rings. The van der Waals surface area contributed by atoms with Crippen molar-refractivity contribution in [3.8, 4) is 0 Å². The molecule has 0 aliphatic carbocycles. The highest BCUT2D eigenvalue weighted by Crippen LogP contribution is 2.41. The molecule has 152 valence electrons. The number of aromatic nitrogens is 1. The summed E-state index contributed by atoms with van der Waals surface area (Å²) < 4.78 is 28.5. The molecule has 29 heavy (non-hydrogen) atoms. The molecular weight excluding hydrogens is 374 g/mol. The molecule has 0 spiro atoms. The van der Waals surface area contributed by atoms with Gasteiger partial charge in [0.1, 0.15) is 0 Å². The van der Waals surface area contributed by atoms with Crippen LogP contribution in [-0.4, -0.2) is 33.4 Å². The fraction of sp³-hybridized carbons (Fsp3) is 0.348. The number of alkyl halides is 2. The molecule has 1 fully saturated rings. The third kappa shape index (κ3) is 3.77. The number of carbonyl (C=O) groups is 1. The van der Waals surface area contributed by atoms with Crippen LogP contribution in [0.15, 0.2) is 42.6 Å². The summed E-state index contributed by atoms with van der Waals surface area (Å²) in [5, 5.41) is 10.2. The number of fused-ring (bicyclic) bond motifs is 1.